The quantitative estimate of drug-likeness (QED) is 0.148. The van der Waals surface area contributed by atoms with Gasteiger partial charge in [0, 0.05) is 80.0 Å². The minimum atomic E-state index is -1.91. The summed E-state index contributed by atoms with van der Waals surface area (Å²) in [4.78, 5) is 0. The van der Waals surface area contributed by atoms with Crippen molar-refractivity contribution in [2.45, 2.75) is 38.5 Å². The molecule has 0 bridgehead atoms. The van der Waals surface area contributed by atoms with E-state index in [1.54, 1.807) is 0 Å². The summed E-state index contributed by atoms with van der Waals surface area (Å²) in [5.74, 6) is -15.9. The van der Waals surface area contributed by atoms with Crippen LogP contribution in [0, 0.1) is 92.7 Å². The summed E-state index contributed by atoms with van der Waals surface area (Å²) in [6, 6.07) is 2.56. The van der Waals surface area contributed by atoms with E-state index in [-0.39, 0.29) is 40.4 Å². The molecule has 0 aromatic heterocycles. The summed E-state index contributed by atoms with van der Waals surface area (Å²) in [6.07, 6.45) is 7.67. The van der Waals surface area contributed by atoms with Gasteiger partial charge in [0.15, 0.2) is 52.4 Å². The molecule has 0 radical (unpaired) electrons. The molecule has 0 N–H and O–H groups in total. The minimum absolute atomic E-state index is 0. The first-order valence-corrected chi connectivity index (χ1v) is 14.6. The van der Waals surface area contributed by atoms with Crippen molar-refractivity contribution in [2.24, 2.45) is 0 Å². The molecule has 52 heavy (non-hydrogen) atoms. The Morgan fingerprint density at radius 2 is 0.519 bits per heavy atom. The zero-order valence-electron chi connectivity index (χ0n) is 26.6. The Bertz CT molecular complexity index is 1260. The first-order valence-electron chi connectivity index (χ1n) is 14.6. The number of benzene rings is 3. The van der Waals surface area contributed by atoms with E-state index in [9.17, 15) is 66.4 Å². The molecule has 3 aliphatic rings. The van der Waals surface area contributed by atoms with Gasteiger partial charge >= 0.3 is 0 Å². The van der Waals surface area contributed by atoms with E-state index < -0.39 is 85.4 Å². The second-order valence-electron chi connectivity index (χ2n) is 9.74. The van der Waals surface area contributed by atoms with E-state index in [0.717, 1.165) is 39.6 Å². The fourth-order valence-corrected chi connectivity index (χ4v) is 3.47. The van der Waals surface area contributed by atoms with Crippen molar-refractivity contribution >= 4 is 17.1 Å². The van der Waals surface area contributed by atoms with Crippen LogP contribution in [0.15, 0.2) is 36.4 Å². The molecule has 3 fully saturated rings. The first-order chi connectivity index (χ1) is 24.1. The predicted octanol–water partition coefficient (Wildman–Crippen LogP) is 10.4. The van der Waals surface area contributed by atoms with Crippen LogP contribution in [0.2, 0.25) is 0 Å². The summed E-state index contributed by atoms with van der Waals surface area (Å²) < 4.78 is 195. The van der Waals surface area contributed by atoms with E-state index >= 15 is 0 Å². The number of ether oxygens (including phenoxy) is 3. The van der Waals surface area contributed by atoms with Crippen molar-refractivity contribution in [1.29, 1.82) is 0 Å². The van der Waals surface area contributed by atoms with Gasteiger partial charge in [-0.25, -0.2) is 39.5 Å². The second-order valence-corrected chi connectivity index (χ2v) is 9.74. The van der Waals surface area contributed by atoms with Crippen LogP contribution in [0.1, 0.15) is 38.5 Å². The Labute approximate surface area is 319 Å². The molecule has 6 nitrogen and oxygen atoms in total. The molecule has 0 atom stereocenters. The third-order valence-corrected chi connectivity index (χ3v) is 6.07. The van der Waals surface area contributed by atoms with Gasteiger partial charge in [0.1, 0.15) is 17.1 Å². The predicted molar refractivity (Wildman–Crippen MR) is 153 cm³/mol. The van der Waals surface area contributed by atoms with Gasteiger partial charge in [-0.2, -0.15) is 0 Å². The second kappa shape index (κ2) is 26.9. The van der Waals surface area contributed by atoms with Gasteiger partial charge in [-0.15, -0.1) is 0 Å². The van der Waals surface area contributed by atoms with Gasteiger partial charge < -0.3 is 14.2 Å². The Hall–Kier alpha value is -2.77. The zero-order chi connectivity index (χ0) is 38.5. The van der Waals surface area contributed by atoms with Crippen LogP contribution in [0.25, 0.3) is 0 Å². The van der Waals surface area contributed by atoms with Crippen LogP contribution in [0.3, 0.4) is 0 Å². The Morgan fingerprint density at radius 1 is 0.327 bits per heavy atom. The molecule has 294 valence electrons. The normalized spacial score (nSPS) is 13.9. The average molecular weight is 916 g/mol. The Balaban J connectivity index is 0.000000622. The average Bonchev–Trinajstić information content (AvgIpc) is 3.93. The Kier molecular flexibility index (Phi) is 25.5. The first kappa shape index (κ1) is 49.2. The van der Waals surface area contributed by atoms with E-state index in [2.05, 4.69) is 0 Å². The Morgan fingerprint density at radius 3 is 0.654 bits per heavy atom. The summed E-state index contributed by atoms with van der Waals surface area (Å²) in [6.45, 7) is 6.00. The van der Waals surface area contributed by atoms with Gasteiger partial charge in [0.2, 0.25) is 0 Å². The van der Waals surface area contributed by atoms with Crippen LogP contribution >= 0.6 is 0 Å². The van der Waals surface area contributed by atoms with Gasteiger partial charge in [-0.1, -0.05) is 26.9 Å². The number of nitrogens with zero attached hydrogens (tertiary/aromatic N) is 3. The molecule has 3 saturated heterocycles. The molecule has 0 unspecified atom stereocenters. The molecule has 3 aromatic rings. The smallest absolute Gasteiger partial charge is 0.196 e. The molecule has 3 aromatic carbocycles. The topological polar surface area (TPSA) is 37.4 Å². The zero-order valence-corrected chi connectivity index (χ0v) is 29.2. The van der Waals surface area contributed by atoms with Crippen LogP contribution < -0.4 is 16.0 Å². The van der Waals surface area contributed by atoms with Gasteiger partial charge in [-0.3, -0.25) is 0 Å². The molecule has 6 rings (SSSR count). The fourth-order valence-electron chi connectivity index (χ4n) is 3.47. The van der Waals surface area contributed by atoms with E-state index in [0.29, 0.717) is 36.4 Å². The van der Waals surface area contributed by atoms with Crippen molar-refractivity contribution in [3.63, 3.8) is 0 Å². The number of rotatable bonds is 3. The molecule has 3 aliphatic heterocycles. The molecule has 0 amide bonds. The summed E-state index contributed by atoms with van der Waals surface area (Å²) in [5, 5.41) is -4.88. The van der Waals surface area contributed by atoms with Crippen molar-refractivity contribution < 1.29 is 121 Å². The van der Waals surface area contributed by atoms with Crippen molar-refractivity contribution in [2.75, 3.05) is 55.7 Å². The van der Waals surface area contributed by atoms with Gasteiger partial charge in [0.25, 0.3) is 0 Å². The summed E-state index contributed by atoms with van der Waals surface area (Å²) in [5.41, 5.74) is -3.89. The van der Waals surface area contributed by atoms with Crippen molar-refractivity contribution in [3.05, 3.63) is 88.8 Å². The van der Waals surface area contributed by atoms with Crippen molar-refractivity contribution in [1.82, 2.24) is 0 Å². The van der Waals surface area contributed by atoms with E-state index in [4.69, 9.17) is 14.2 Å². The summed E-state index contributed by atoms with van der Waals surface area (Å²) >= 11 is 0. The maximum Gasteiger partial charge on any atom is 0.196 e. The van der Waals surface area contributed by atoms with E-state index in [1.807, 2.05) is 0 Å². The van der Waals surface area contributed by atoms with Gasteiger partial charge in [0.05, 0.1) is 0 Å². The molecule has 22 heteroatoms. The molecule has 0 aliphatic carbocycles. The molecule has 0 spiro atoms. The minimum Gasteiger partial charge on any atom is -0.381 e. The number of hydrogen-bond donors (Lipinski definition) is 0. The largest absolute Gasteiger partial charge is 0.381 e. The number of hydrogen-bond acceptors (Lipinski definition) is 6. The summed E-state index contributed by atoms with van der Waals surface area (Å²) in [7, 11) is 0. The molecule has 3 heterocycles. The molecule has 0 saturated carbocycles. The van der Waals surface area contributed by atoms with Crippen molar-refractivity contribution in [3.8, 4) is 0 Å². The molecular weight excluding hydrogens is 886 g/mol. The maximum absolute atomic E-state index is 12.4. The maximum atomic E-state index is 12.4. The van der Waals surface area contributed by atoms with Crippen LogP contribution in [0.4, 0.5) is 83.5 Å². The number of halogens is 15. The van der Waals surface area contributed by atoms with E-state index in [1.165, 1.54) is 38.5 Å². The SMILES string of the molecule is C1CCOC1.C1CCOC1.C1CCOC1.Fc1ccc(N(F)F)c(F)c1F.Fc1ccc(N(F)F)c(F)c1F.Fc1ccc(N(F)F)c(F)c1F.[Sm]. The third-order valence-electron chi connectivity index (χ3n) is 6.07. The van der Waals surface area contributed by atoms with Crippen LogP contribution in [-0.2, 0) is 14.2 Å². The van der Waals surface area contributed by atoms with Crippen LogP contribution in [-0.4, -0.2) is 39.6 Å². The molecular formula is C30H30F15N3O3Sm. The van der Waals surface area contributed by atoms with Gasteiger partial charge in [-0.05, 0) is 91.0 Å². The van der Waals surface area contributed by atoms with Crippen LogP contribution in [0.5, 0.6) is 0 Å². The standard InChI is InChI=1S/3C6H2F5N.3C4H8O.Sm/c3*7-3-1-2-4(12(10)11)6(9)5(3)8;3*1-2-4-5-3-1;/h3*1-2H;3*1-4H2;. The third kappa shape index (κ3) is 17.8. The number of anilines is 3. The monoisotopic (exact) mass is 917 g/mol. The fraction of sp³-hybridized carbons (Fsp3) is 0.400.